The molecule has 19 rings (SSSR count). The molecule has 0 saturated carbocycles. The van der Waals surface area contributed by atoms with E-state index in [0.717, 1.165) is 298 Å². The minimum Gasteiger partial charge on any atom is -0.355 e. The number of carbonyl (C=O) groups excluding carboxylic acids is 4. The van der Waals surface area contributed by atoms with E-state index in [-0.39, 0.29) is 0 Å². The van der Waals surface area contributed by atoms with Gasteiger partial charge in [0.1, 0.15) is 0 Å². The number of carbonyl (C=O) groups is 4. The topological polar surface area (TPSA) is 189 Å². The average Bonchev–Trinajstić information content (AvgIpc) is 0.876. The fourth-order valence-corrected chi connectivity index (χ4v) is 19.6. The molecule has 0 atom stereocenters. The number of H-pyrrole nitrogens is 4. The van der Waals surface area contributed by atoms with Gasteiger partial charge in [-0.25, -0.2) is 29.7 Å². The zero-order valence-electron chi connectivity index (χ0n) is 69.8. The summed E-state index contributed by atoms with van der Waals surface area (Å²) < 4.78 is 0. The van der Waals surface area contributed by atoms with Crippen LogP contribution in [0.25, 0.3) is 158 Å². The lowest BCUT2D eigenvalue weighted by molar-refractivity contribution is 0.0877. The van der Waals surface area contributed by atoms with Gasteiger partial charge in [0.25, 0.3) is 23.6 Å². The van der Waals surface area contributed by atoms with E-state index < -0.39 is 23.6 Å². The van der Waals surface area contributed by atoms with Crippen LogP contribution >= 0.6 is 0 Å². The predicted molar refractivity (Wildman–Crippen MR) is 498 cm³/mol. The number of aromatic nitrogens is 8. The monoisotopic (exact) mass is 1580 g/mol. The summed E-state index contributed by atoms with van der Waals surface area (Å²) in [5, 5.41) is 5.98. The highest BCUT2D eigenvalue weighted by atomic mass is 16.2. The van der Waals surface area contributed by atoms with Crippen LogP contribution in [0.1, 0.15) is 277 Å². The molecular formula is C106H102N10O4. The Morgan fingerprint density at radius 2 is 0.450 bits per heavy atom. The number of nitrogens with one attached hydrogen (secondary N) is 4. The number of aryl methyl sites for hydroxylation is 6. The zero-order valence-corrected chi connectivity index (χ0v) is 69.8. The van der Waals surface area contributed by atoms with Crippen molar-refractivity contribution in [2.24, 2.45) is 0 Å². The van der Waals surface area contributed by atoms with Gasteiger partial charge in [0.2, 0.25) is 0 Å². The summed E-state index contributed by atoms with van der Waals surface area (Å²) in [6.45, 7) is 13.5. The van der Waals surface area contributed by atoms with Crippen LogP contribution in [0.4, 0.5) is 11.4 Å². The molecule has 4 N–H and O–H groups in total. The van der Waals surface area contributed by atoms with E-state index in [1.54, 1.807) is 0 Å². The van der Waals surface area contributed by atoms with Gasteiger partial charge in [0.05, 0.1) is 56.9 Å². The summed E-state index contributed by atoms with van der Waals surface area (Å²) in [5.41, 5.74) is 28.9. The van der Waals surface area contributed by atoms with Crippen molar-refractivity contribution in [3.63, 3.8) is 0 Å². The molecule has 16 bridgehead atoms. The quantitative estimate of drug-likeness (QED) is 0.0161. The lowest BCUT2D eigenvalue weighted by atomic mass is 9.82. The van der Waals surface area contributed by atoms with Gasteiger partial charge < -0.3 is 19.9 Å². The normalized spacial score (nSPS) is 13.6. The number of hydrogen-bond donors (Lipinski definition) is 4. The largest absolute Gasteiger partial charge is 0.355 e. The van der Waals surface area contributed by atoms with Gasteiger partial charge in [-0.2, -0.15) is 0 Å². The number of aromatic amines is 4. The van der Waals surface area contributed by atoms with E-state index in [1.165, 1.54) is 43.2 Å². The minimum atomic E-state index is -0.426. The Labute approximate surface area is 700 Å². The maximum absolute atomic E-state index is 15.4. The Morgan fingerprint density at radius 3 is 0.692 bits per heavy atom. The van der Waals surface area contributed by atoms with Crippen LogP contribution in [0.2, 0.25) is 0 Å². The number of anilines is 2. The summed E-state index contributed by atoms with van der Waals surface area (Å²) >= 11 is 0. The maximum atomic E-state index is 15.4. The number of imide groups is 2. The molecule has 0 aliphatic carbocycles. The Hall–Kier alpha value is -12.7. The fourth-order valence-electron chi connectivity index (χ4n) is 19.6. The van der Waals surface area contributed by atoms with Crippen molar-refractivity contribution in [1.82, 2.24) is 39.9 Å². The van der Waals surface area contributed by atoms with Crippen LogP contribution in [0.5, 0.6) is 0 Å². The second kappa shape index (κ2) is 32.9. The Balaban J connectivity index is 0.665. The lowest BCUT2D eigenvalue weighted by Gasteiger charge is -2.30. The first-order valence-electron chi connectivity index (χ1n) is 44.4. The van der Waals surface area contributed by atoms with E-state index >= 15 is 19.2 Å². The van der Waals surface area contributed by atoms with Crippen LogP contribution in [0.3, 0.4) is 0 Å². The van der Waals surface area contributed by atoms with Gasteiger partial charge in [-0.3, -0.25) is 19.2 Å². The van der Waals surface area contributed by atoms with Gasteiger partial charge in [-0.15, -0.1) is 0 Å². The number of amides is 4. The Bertz CT molecular complexity index is 6310. The minimum absolute atomic E-state index is 0.410. The smallest absolute Gasteiger partial charge is 0.265 e. The van der Waals surface area contributed by atoms with E-state index in [0.29, 0.717) is 44.4 Å². The molecule has 6 aliphatic heterocycles. The van der Waals surface area contributed by atoms with Crippen molar-refractivity contribution in [1.29, 1.82) is 0 Å². The van der Waals surface area contributed by atoms with Crippen LogP contribution in [0, 0.1) is 0 Å². The molecule has 12 heterocycles. The molecule has 0 fully saturated rings. The number of hydrogen-bond acceptors (Lipinski definition) is 8. The van der Waals surface area contributed by atoms with Gasteiger partial charge in [-0.05, 0) is 266 Å². The molecule has 4 amide bonds. The van der Waals surface area contributed by atoms with E-state index in [9.17, 15) is 0 Å². The Morgan fingerprint density at radius 1 is 0.233 bits per heavy atom. The third-order valence-electron chi connectivity index (χ3n) is 25.8. The van der Waals surface area contributed by atoms with Crippen molar-refractivity contribution < 1.29 is 19.2 Å². The standard InChI is InChI=1S/C106H102N10O4/c1-7-13-19-25-71-81-47-51-85(107-81)73(27-21-15-9-3)89-55-59-93(111-89)97(94-60-56-90(112-94)74(28-22-16-10-4)86-52-48-82(71)108-86)63-31-35-65(36-32-63)115-103(117)77-43-39-67-69-41-45-79-102-80(46-42-70(100(69)102)68-40-44-78(104(115)118)101(77)99(67)68)106(120)116(105(79)119)66-37-33-64(34-38-66)98-95-61-57-91(113-95)75(29-23-17-11-5)87-53-49-83(109-87)72(26-20-14-8-2)84-50-54-88(110-84)76(30-24-18-12-6)92-58-62-96(98)114-92/h31-62,107,109,112,114H,7-30H2,1-6H3. The van der Waals surface area contributed by atoms with Crippen LogP contribution < -0.4 is 9.80 Å². The number of unbranched alkanes of at least 4 members (excludes halogenated alkanes) is 12. The molecule has 6 aliphatic rings. The number of rotatable bonds is 28. The van der Waals surface area contributed by atoms with Crippen LogP contribution in [-0.2, 0) is 38.5 Å². The summed E-state index contributed by atoms with van der Waals surface area (Å²) in [6.07, 6.45) is 42.4. The summed E-state index contributed by atoms with van der Waals surface area (Å²) in [5.74, 6) is -1.70. The molecule has 120 heavy (non-hydrogen) atoms. The van der Waals surface area contributed by atoms with Crippen LogP contribution in [0.15, 0.2) is 146 Å². The van der Waals surface area contributed by atoms with Gasteiger partial charge in [0, 0.05) is 122 Å². The highest BCUT2D eigenvalue weighted by Gasteiger charge is 2.39. The van der Waals surface area contributed by atoms with Gasteiger partial charge in [-0.1, -0.05) is 167 Å². The molecule has 14 heteroatoms. The fraction of sp³-hybridized carbons (Fsp3) is 0.283. The zero-order chi connectivity index (χ0) is 81.8. The third kappa shape index (κ3) is 13.7. The molecule has 0 unspecified atom stereocenters. The van der Waals surface area contributed by atoms with Crippen molar-refractivity contribution in [3.8, 4) is 22.3 Å². The molecule has 14 nitrogen and oxygen atoms in total. The Kier molecular flexibility index (Phi) is 21.2. The molecule has 0 radical (unpaired) electrons. The second-order valence-electron chi connectivity index (χ2n) is 33.5. The highest BCUT2D eigenvalue weighted by Crippen LogP contribution is 2.49. The predicted octanol–water partition coefficient (Wildman–Crippen LogP) is 27.0. The third-order valence-corrected chi connectivity index (χ3v) is 25.8. The summed E-state index contributed by atoms with van der Waals surface area (Å²) in [4.78, 5) is 102. The molecule has 0 saturated heterocycles. The summed E-state index contributed by atoms with van der Waals surface area (Å²) in [6, 6.07) is 48.4. The molecule has 13 aromatic rings. The molecule has 0 spiro atoms. The summed E-state index contributed by atoms with van der Waals surface area (Å²) in [7, 11) is 0. The van der Waals surface area contributed by atoms with Gasteiger partial charge in [0.15, 0.2) is 0 Å². The van der Waals surface area contributed by atoms with Gasteiger partial charge >= 0.3 is 0 Å². The van der Waals surface area contributed by atoms with E-state index in [2.05, 4.69) is 159 Å². The molecule has 7 aromatic carbocycles. The average molecular weight is 1580 g/mol. The first-order valence-corrected chi connectivity index (χ1v) is 44.4. The molecule has 6 aromatic heterocycles. The molecule has 600 valence electrons. The van der Waals surface area contributed by atoms with Crippen molar-refractivity contribution in [2.75, 3.05) is 9.80 Å². The van der Waals surface area contributed by atoms with Crippen LogP contribution in [-0.4, -0.2) is 63.5 Å². The second-order valence-corrected chi connectivity index (χ2v) is 33.5. The van der Waals surface area contributed by atoms with Crippen molar-refractivity contribution >= 4 is 171 Å². The highest BCUT2D eigenvalue weighted by molar-refractivity contribution is 6.45. The van der Waals surface area contributed by atoms with E-state index in [4.69, 9.17) is 19.9 Å². The number of benzene rings is 7. The number of nitrogens with zero attached hydrogens (tertiary/aromatic N) is 6. The molecular weight excluding hydrogens is 1480 g/mol. The lowest BCUT2D eigenvalue weighted by Crippen LogP contribution is -2.40. The van der Waals surface area contributed by atoms with E-state index in [1.807, 2.05) is 97.1 Å². The first kappa shape index (κ1) is 77.2. The number of fused-ring (bicyclic) bond motifs is 18. The van der Waals surface area contributed by atoms with Crippen molar-refractivity contribution in [2.45, 2.75) is 196 Å². The first-order chi connectivity index (χ1) is 58.9. The maximum Gasteiger partial charge on any atom is 0.265 e. The van der Waals surface area contributed by atoms with Crippen molar-refractivity contribution in [3.05, 3.63) is 247 Å². The SMILES string of the molecule is CCCCCc1c2nc(c(CCCCC)c3ccc([nH]3)c(-c3ccc(N4C(=O)c5ccc6c7ccc8c9c(ccc(c%10ccc(c5c6%10)C4=O)c97)C(=O)N(c4ccc(-c5c6nc(c(CCCCC)c7ccc([nH]7)c(CCCCC)c7nc(c(CCCCC)c9ccc5[nH]9)C=C7)C=C6)cc4)C8=O)cc3)c3nc(c(CCCCC)c4ccc1[nH]4)C=C3)C=C2.